The first-order valence-corrected chi connectivity index (χ1v) is 4.46. The molecule has 0 aromatic carbocycles. The van der Waals surface area contributed by atoms with Gasteiger partial charge in [0.2, 0.25) is 0 Å². The number of hydrogen-bond acceptors (Lipinski definition) is 4. The van der Waals surface area contributed by atoms with E-state index in [4.69, 9.17) is 0 Å². The third kappa shape index (κ3) is 2.57. The maximum absolute atomic E-state index is 4.20. The normalized spacial score (nSPS) is 13.8. The smallest absolute Gasteiger partial charge is 0.0795 e. The molecule has 1 aromatic heterocycles. The van der Waals surface area contributed by atoms with Crippen molar-refractivity contribution < 1.29 is 0 Å². The number of hydrazine groups is 1. The molecule has 0 saturated carbocycles. The van der Waals surface area contributed by atoms with Crippen molar-refractivity contribution in [2.24, 2.45) is 0 Å². The van der Waals surface area contributed by atoms with Crippen LogP contribution in [-0.2, 0) is 0 Å². The molecular formula is C7H13N3S. The second-order valence-corrected chi connectivity index (χ2v) is 3.38. The van der Waals surface area contributed by atoms with E-state index in [2.05, 4.69) is 22.7 Å². The van der Waals surface area contributed by atoms with Crippen LogP contribution in [0.4, 0.5) is 0 Å². The summed E-state index contributed by atoms with van der Waals surface area (Å²) in [4.78, 5) is 4.20. The van der Waals surface area contributed by atoms with Gasteiger partial charge >= 0.3 is 0 Å². The quantitative estimate of drug-likeness (QED) is 0.694. The molecule has 1 N–H and O–H groups in total. The molecule has 11 heavy (non-hydrogen) atoms. The van der Waals surface area contributed by atoms with E-state index in [-0.39, 0.29) is 0 Å². The van der Waals surface area contributed by atoms with Crippen molar-refractivity contribution in [1.82, 2.24) is 15.4 Å². The zero-order valence-electron chi connectivity index (χ0n) is 7.03. The SMILES string of the molecule is CC(NN(C)C)c1cscn1. The maximum Gasteiger partial charge on any atom is 0.0795 e. The molecule has 0 amide bonds. The van der Waals surface area contributed by atoms with Crippen molar-refractivity contribution in [1.29, 1.82) is 0 Å². The lowest BCUT2D eigenvalue weighted by molar-refractivity contribution is 0.250. The van der Waals surface area contributed by atoms with E-state index in [1.54, 1.807) is 11.3 Å². The van der Waals surface area contributed by atoms with Crippen LogP contribution >= 0.6 is 11.3 Å². The molecule has 1 aromatic rings. The Morgan fingerprint density at radius 1 is 1.64 bits per heavy atom. The van der Waals surface area contributed by atoms with Crippen LogP contribution in [0, 0.1) is 0 Å². The van der Waals surface area contributed by atoms with Crippen LogP contribution in [0.2, 0.25) is 0 Å². The fraction of sp³-hybridized carbons (Fsp3) is 0.571. The molecule has 0 spiro atoms. The highest BCUT2D eigenvalue weighted by Gasteiger charge is 2.06. The fourth-order valence-electron chi connectivity index (χ4n) is 0.889. The van der Waals surface area contributed by atoms with Gasteiger partial charge in [-0.1, -0.05) is 0 Å². The average molecular weight is 171 g/mol. The van der Waals surface area contributed by atoms with E-state index in [0.29, 0.717) is 6.04 Å². The maximum atomic E-state index is 4.20. The molecule has 1 unspecified atom stereocenters. The molecule has 1 rings (SSSR count). The third-order valence-corrected chi connectivity index (χ3v) is 1.95. The van der Waals surface area contributed by atoms with E-state index in [1.807, 2.05) is 24.6 Å². The van der Waals surface area contributed by atoms with E-state index in [9.17, 15) is 0 Å². The third-order valence-electron chi connectivity index (χ3n) is 1.35. The van der Waals surface area contributed by atoms with Crippen molar-refractivity contribution in [3.63, 3.8) is 0 Å². The minimum atomic E-state index is 0.302. The van der Waals surface area contributed by atoms with Gasteiger partial charge in [-0.25, -0.2) is 15.4 Å². The minimum Gasteiger partial charge on any atom is -0.250 e. The highest BCUT2D eigenvalue weighted by Crippen LogP contribution is 2.11. The van der Waals surface area contributed by atoms with Crippen LogP contribution < -0.4 is 5.43 Å². The summed E-state index contributed by atoms with van der Waals surface area (Å²) >= 11 is 1.63. The topological polar surface area (TPSA) is 28.2 Å². The Kier molecular flexibility index (Phi) is 2.99. The summed E-state index contributed by atoms with van der Waals surface area (Å²) in [6, 6.07) is 0.302. The van der Waals surface area contributed by atoms with Crippen molar-refractivity contribution in [3.8, 4) is 0 Å². The first-order valence-electron chi connectivity index (χ1n) is 3.51. The first kappa shape index (κ1) is 8.64. The van der Waals surface area contributed by atoms with Gasteiger partial charge in [-0.2, -0.15) is 0 Å². The zero-order valence-corrected chi connectivity index (χ0v) is 7.85. The Bertz CT molecular complexity index is 195. The molecule has 1 heterocycles. The Morgan fingerprint density at radius 3 is 2.82 bits per heavy atom. The van der Waals surface area contributed by atoms with Gasteiger partial charge in [-0.05, 0) is 6.92 Å². The molecule has 3 nitrogen and oxygen atoms in total. The Labute approximate surface area is 71.0 Å². The number of aromatic nitrogens is 1. The van der Waals surface area contributed by atoms with Crippen molar-refractivity contribution in [2.45, 2.75) is 13.0 Å². The molecule has 1 atom stereocenters. The molecule has 0 bridgehead atoms. The predicted molar refractivity (Wildman–Crippen MR) is 47.4 cm³/mol. The Morgan fingerprint density at radius 2 is 2.36 bits per heavy atom. The molecule has 0 aliphatic rings. The summed E-state index contributed by atoms with van der Waals surface area (Å²) in [6.45, 7) is 2.09. The number of thiazole rings is 1. The summed E-state index contributed by atoms with van der Waals surface area (Å²) in [5.41, 5.74) is 6.17. The lowest BCUT2D eigenvalue weighted by atomic mass is 10.3. The molecular weight excluding hydrogens is 158 g/mol. The van der Waals surface area contributed by atoms with Crippen LogP contribution in [0.3, 0.4) is 0 Å². The van der Waals surface area contributed by atoms with Crippen molar-refractivity contribution >= 4 is 11.3 Å². The molecule has 0 aliphatic heterocycles. The molecule has 4 heteroatoms. The van der Waals surface area contributed by atoms with Gasteiger partial charge in [0, 0.05) is 19.5 Å². The van der Waals surface area contributed by atoms with Crippen molar-refractivity contribution in [3.05, 3.63) is 16.6 Å². The molecule has 0 fully saturated rings. The van der Waals surface area contributed by atoms with Gasteiger partial charge in [0.25, 0.3) is 0 Å². The monoisotopic (exact) mass is 171 g/mol. The summed E-state index contributed by atoms with van der Waals surface area (Å²) in [6.07, 6.45) is 0. The van der Waals surface area contributed by atoms with Crippen LogP contribution in [0.15, 0.2) is 10.9 Å². The van der Waals surface area contributed by atoms with Gasteiger partial charge in [0.05, 0.1) is 17.2 Å². The molecule has 0 saturated heterocycles. The van der Waals surface area contributed by atoms with Crippen LogP contribution in [0.5, 0.6) is 0 Å². The van der Waals surface area contributed by atoms with Crippen LogP contribution in [0.25, 0.3) is 0 Å². The lowest BCUT2D eigenvalue weighted by Gasteiger charge is -2.17. The van der Waals surface area contributed by atoms with E-state index < -0.39 is 0 Å². The van der Waals surface area contributed by atoms with E-state index >= 15 is 0 Å². The molecule has 62 valence electrons. The Hall–Kier alpha value is -0.450. The van der Waals surface area contributed by atoms with Gasteiger partial charge < -0.3 is 0 Å². The largest absolute Gasteiger partial charge is 0.250 e. The second-order valence-electron chi connectivity index (χ2n) is 2.66. The van der Waals surface area contributed by atoms with Gasteiger partial charge in [-0.15, -0.1) is 11.3 Å². The second kappa shape index (κ2) is 3.80. The summed E-state index contributed by atoms with van der Waals surface area (Å²) in [5, 5.41) is 3.99. The summed E-state index contributed by atoms with van der Waals surface area (Å²) in [7, 11) is 3.95. The summed E-state index contributed by atoms with van der Waals surface area (Å²) in [5.74, 6) is 0. The van der Waals surface area contributed by atoms with E-state index in [1.165, 1.54) is 0 Å². The van der Waals surface area contributed by atoms with Crippen LogP contribution in [-0.4, -0.2) is 24.1 Å². The highest BCUT2D eigenvalue weighted by molar-refractivity contribution is 7.07. The fourth-order valence-corrected chi connectivity index (χ4v) is 1.54. The van der Waals surface area contributed by atoms with Crippen LogP contribution in [0.1, 0.15) is 18.7 Å². The van der Waals surface area contributed by atoms with Gasteiger partial charge in [0.15, 0.2) is 0 Å². The van der Waals surface area contributed by atoms with Gasteiger partial charge in [-0.3, -0.25) is 0 Å². The van der Waals surface area contributed by atoms with Crippen molar-refractivity contribution in [2.75, 3.05) is 14.1 Å². The number of nitrogens with one attached hydrogen (secondary N) is 1. The highest BCUT2D eigenvalue weighted by atomic mass is 32.1. The molecule has 0 radical (unpaired) electrons. The number of hydrogen-bond donors (Lipinski definition) is 1. The lowest BCUT2D eigenvalue weighted by Crippen LogP contribution is -2.32. The standard InChI is InChI=1S/C7H13N3S/c1-6(9-10(2)3)7-4-11-5-8-7/h4-6,9H,1-3H3. The molecule has 0 aliphatic carbocycles. The zero-order chi connectivity index (χ0) is 8.27. The Balaban J connectivity index is 2.49. The minimum absolute atomic E-state index is 0.302. The number of nitrogens with zero attached hydrogens (tertiary/aromatic N) is 2. The van der Waals surface area contributed by atoms with Gasteiger partial charge in [0.1, 0.15) is 0 Å². The average Bonchev–Trinajstić information content (AvgIpc) is 2.35. The summed E-state index contributed by atoms with van der Waals surface area (Å²) < 4.78 is 0. The first-order chi connectivity index (χ1) is 5.20. The predicted octanol–water partition coefficient (Wildman–Crippen LogP) is 1.27. The number of rotatable bonds is 3. The van der Waals surface area contributed by atoms with E-state index in [0.717, 1.165) is 5.69 Å².